The Kier molecular flexibility index (Phi) is 5.62. The maximum absolute atomic E-state index is 12.3. The summed E-state index contributed by atoms with van der Waals surface area (Å²) in [6.07, 6.45) is 0.239. The van der Waals surface area contributed by atoms with Gasteiger partial charge < -0.3 is 15.2 Å². The zero-order valence-electron chi connectivity index (χ0n) is 12.6. The Labute approximate surface area is 133 Å². The molecule has 1 amide bonds. The number of ether oxygens (including phenoxy) is 1. The number of aliphatic carboxylic acids is 1. The first-order chi connectivity index (χ1) is 11.1. The highest BCUT2D eigenvalue weighted by molar-refractivity contribution is 5.92. The fraction of sp³-hybridized carbons (Fsp3) is 0.250. The van der Waals surface area contributed by atoms with Gasteiger partial charge in [-0.15, -0.1) is 10.2 Å². The lowest BCUT2D eigenvalue weighted by Gasteiger charge is -2.18. The molecule has 2 N–H and O–H groups in total. The third-order valence-electron chi connectivity index (χ3n) is 3.24. The van der Waals surface area contributed by atoms with Crippen molar-refractivity contribution in [2.24, 2.45) is 0 Å². The van der Waals surface area contributed by atoms with Crippen molar-refractivity contribution in [1.29, 1.82) is 0 Å². The van der Waals surface area contributed by atoms with E-state index in [1.54, 1.807) is 0 Å². The van der Waals surface area contributed by atoms with Crippen LogP contribution in [0.5, 0.6) is 5.88 Å². The molecule has 7 nitrogen and oxygen atoms in total. The van der Waals surface area contributed by atoms with Gasteiger partial charge in [0.25, 0.3) is 5.91 Å². The summed E-state index contributed by atoms with van der Waals surface area (Å²) in [4.78, 5) is 23.1. The van der Waals surface area contributed by atoms with E-state index in [0.717, 1.165) is 5.56 Å². The first-order valence-corrected chi connectivity index (χ1v) is 7.05. The van der Waals surface area contributed by atoms with Crippen LogP contribution in [0.25, 0.3) is 0 Å². The van der Waals surface area contributed by atoms with Gasteiger partial charge in [-0.25, -0.2) is 0 Å². The molecule has 1 heterocycles. The highest BCUT2D eigenvalue weighted by Crippen LogP contribution is 2.19. The number of nitrogens with one attached hydrogen (secondary N) is 1. The summed E-state index contributed by atoms with van der Waals surface area (Å²) < 4.78 is 4.89. The number of hydrogen-bond donors (Lipinski definition) is 2. The summed E-state index contributed by atoms with van der Waals surface area (Å²) in [5, 5.41) is 19.2. The van der Waals surface area contributed by atoms with Crippen molar-refractivity contribution in [3.05, 3.63) is 53.7 Å². The molecular weight excluding hydrogens is 298 g/mol. The summed E-state index contributed by atoms with van der Waals surface area (Å²) in [5.41, 5.74) is 0.977. The monoisotopic (exact) mass is 315 g/mol. The Morgan fingerprint density at radius 3 is 2.48 bits per heavy atom. The number of carboxylic acid groups (broad SMARTS) is 1. The van der Waals surface area contributed by atoms with Crippen LogP contribution >= 0.6 is 0 Å². The van der Waals surface area contributed by atoms with E-state index in [9.17, 15) is 9.59 Å². The molecule has 0 radical (unpaired) electrons. The molecule has 0 aliphatic heterocycles. The lowest BCUT2D eigenvalue weighted by Crippen LogP contribution is -2.29. The number of methoxy groups -OCH3 is 1. The fourth-order valence-corrected chi connectivity index (χ4v) is 2.06. The number of hydrogen-bond acceptors (Lipinski definition) is 5. The molecule has 0 aliphatic rings. The van der Waals surface area contributed by atoms with E-state index in [2.05, 4.69) is 15.5 Å². The van der Waals surface area contributed by atoms with Gasteiger partial charge >= 0.3 is 5.97 Å². The van der Waals surface area contributed by atoms with Gasteiger partial charge in [0.2, 0.25) is 5.88 Å². The van der Waals surface area contributed by atoms with E-state index < -0.39 is 17.9 Å². The Hall–Kier alpha value is -2.96. The predicted molar refractivity (Wildman–Crippen MR) is 82.1 cm³/mol. The molecule has 2 rings (SSSR count). The molecule has 2 aromatic rings. The van der Waals surface area contributed by atoms with Gasteiger partial charge in [0.05, 0.1) is 13.2 Å². The molecular formula is C16H17N3O4. The van der Waals surface area contributed by atoms with Crippen LogP contribution < -0.4 is 10.1 Å². The first kappa shape index (κ1) is 16.4. The predicted octanol–water partition coefficient (Wildman–Crippen LogP) is 1.82. The maximum Gasteiger partial charge on any atom is 0.303 e. The highest BCUT2D eigenvalue weighted by Gasteiger charge is 2.18. The lowest BCUT2D eigenvalue weighted by atomic mass is 10.0. The quantitative estimate of drug-likeness (QED) is 0.808. The number of carbonyl (C=O) groups excluding carboxylic acids is 1. The summed E-state index contributed by atoms with van der Waals surface area (Å²) >= 11 is 0. The van der Waals surface area contributed by atoms with Crippen molar-refractivity contribution < 1.29 is 19.4 Å². The van der Waals surface area contributed by atoms with Crippen LogP contribution in [0.1, 0.15) is 34.9 Å². The smallest absolute Gasteiger partial charge is 0.303 e. The van der Waals surface area contributed by atoms with Crippen LogP contribution in [0.15, 0.2) is 42.5 Å². The number of benzene rings is 1. The third kappa shape index (κ3) is 4.77. The number of carboxylic acids is 1. The molecule has 1 atom stereocenters. The van der Waals surface area contributed by atoms with Crippen molar-refractivity contribution in [3.63, 3.8) is 0 Å². The standard InChI is InChI=1S/C16H17N3O4/c1-23-14-9-7-13(18-19-14)16(22)17-12(8-10-15(20)21)11-5-3-2-4-6-11/h2-7,9,12H,8,10H2,1H3,(H,17,22)(H,20,21). The number of carbonyl (C=O) groups is 2. The minimum atomic E-state index is -0.913. The van der Waals surface area contributed by atoms with Crippen molar-refractivity contribution >= 4 is 11.9 Å². The molecule has 0 saturated heterocycles. The molecule has 0 fully saturated rings. The Morgan fingerprint density at radius 2 is 1.91 bits per heavy atom. The summed E-state index contributed by atoms with van der Waals surface area (Å²) in [6, 6.07) is 11.8. The fourth-order valence-electron chi connectivity index (χ4n) is 2.06. The van der Waals surface area contributed by atoms with Gasteiger partial charge in [0, 0.05) is 12.5 Å². The van der Waals surface area contributed by atoms with Crippen LogP contribution in [0.4, 0.5) is 0 Å². The molecule has 7 heteroatoms. The maximum atomic E-state index is 12.3. The van der Waals surface area contributed by atoms with Gasteiger partial charge in [0.15, 0.2) is 5.69 Å². The molecule has 120 valence electrons. The summed E-state index contributed by atoms with van der Waals surface area (Å²) in [7, 11) is 1.46. The largest absolute Gasteiger partial charge is 0.481 e. The Balaban J connectivity index is 2.12. The van der Waals surface area contributed by atoms with Gasteiger partial charge in [0.1, 0.15) is 0 Å². The molecule has 1 aromatic carbocycles. The van der Waals surface area contributed by atoms with E-state index in [1.807, 2.05) is 30.3 Å². The minimum absolute atomic E-state index is 0.0475. The third-order valence-corrected chi connectivity index (χ3v) is 3.24. The van der Waals surface area contributed by atoms with Crippen molar-refractivity contribution in [2.45, 2.75) is 18.9 Å². The topological polar surface area (TPSA) is 101 Å². The van der Waals surface area contributed by atoms with E-state index in [4.69, 9.17) is 9.84 Å². The van der Waals surface area contributed by atoms with Gasteiger partial charge in [-0.2, -0.15) is 0 Å². The van der Waals surface area contributed by atoms with Crippen LogP contribution in [-0.4, -0.2) is 34.3 Å². The average Bonchev–Trinajstić information content (AvgIpc) is 2.59. The second kappa shape index (κ2) is 7.88. The van der Waals surface area contributed by atoms with Gasteiger partial charge in [-0.3, -0.25) is 9.59 Å². The number of nitrogens with zero attached hydrogens (tertiary/aromatic N) is 2. The molecule has 0 saturated carbocycles. The van der Waals surface area contributed by atoms with Crippen LogP contribution in [0.2, 0.25) is 0 Å². The molecule has 0 bridgehead atoms. The first-order valence-electron chi connectivity index (χ1n) is 7.05. The van der Waals surface area contributed by atoms with E-state index >= 15 is 0 Å². The van der Waals surface area contributed by atoms with Crippen LogP contribution in [0, 0.1) is 0 Å². The number of amides is 1. The van der Waals surface area contributed by atoms with E-state index in [-0.39, 0.29) is 18.5 Å². The number of rotatable bonds is 7. The molecule has 1 unspecified atom stereocenters. The SMILES string of the molecule is COc1ccc(C(=O)NC(CCC(=O)O)c2ccccc2)nn1. The summed E-state index contributed by atoms with van der Waals surface area (Å²) in [5.74, 6) is -1.02. The molecule has 0 aliphatic carbocycles. The normalized spacial score (nSPS) is 11.5. The zero-order valence-corrected chi connectivity index (χ0v) is 12.6. The Bertz CT molecular complexity index is 659. The minimum Gasteiger partial charge on any atom is -0.481 e. The van der Waals surface area contributed by atoms with Crippen molar-refractivity contribution in [2.75, 3.05) is 7.11 Å². The van der Waals surface area contributed by atoms with Gasteiger partial charge in [-0.1, -0.05) is 30.3 Å². The van der Waals surface area contributed by atoms with Crippen LogP contribution in [-0.2, 0) is 4.79 Å². The van der Waals surface area contributed by atoms with Crippen molar-refractivity contribution in [3.8, 4) is 5.88 Å². The van der Waals surface area contributed by atoms with Crippen LogP contribution in [0.3, 0.4) is 0 Å². The number of aromatic nitrogens is 2. The van der Waals surface area contributed by atoms with Crippen molar-refractivity contribution in [1.82, 2.24) is 15.5 Å². The molecule has 1 aromatic heterocycles. The van der Waals surface area contributed by atoms with E-state index in [0.29, 0.717) is 5.88 Å². The zero-order chi connectivity index (χ0) is 16.7. The lowest BCUT2D eigenvalue weighted by molar-refractivity contribution is -0.137. The Morgan fingerprint density at radius 1 is 1.17 bits per heavy atom. The summed E-state index contributed by atoms with van der Waals surface area (Å²) in [6.45, 7) is 0. The average molecular weight is 315 g/mol. The van der Waals surface area contributed by atoms with Gasteiger partial charge in [-0.05, 0) is 18.1 Å². The highest BCUT2D eigenvalue weighted by atomic mass is 16.5. The van der Waals surface area contributed by atoms with E-state index in [1.165, 1.54) is 19.2 Å². The molecule has 23 heavy (non-hydrogen) atoms. The second-order valence-electron chi connectivity index (χ2n) is 4.83. The molecule has 0 spiro atoms. The second-order valence-corrected chi connectivity index (χ2v) is 4.83.